The van der Waals surface area contributed by atoms with E-state index in [1.807, 2.05) is 0 Å². The van der Waals surface area contributed by atoms with Gasteiger partial charge in [0, 0.05) is 17.5 Å². The van der Waals surface area contributed by atoms with Gasteiger partial charge >= 0.3 is 0 Å². The van der Waals surface area contributed by atoms with Gasteiger partial charge in [0.25, 0.3) is 5.91 Å². The van der Waals surface area contributed by atoms with Crippen molar-refractivity contribution in [1.29, 1.82) is 0 Å². The van der Waals surface area contributed by atoms with Crippen molar-refractivity contribution in [2.24, 2.45) is 0 Å². The van der Waals surface area contributed by atoms with E-state index in [2.05, 4.69) is 34.7 Å². The number of fused-ring (bicyclic) bond motifs is 1. The van der Waals surface area contributed by atoms with E-state index in [1.165, 1.54) is 9.60 Å². The maximum Gasteiger partial charge on any atom is 0.251 e. The van der Waals surface area contributed by atoms with Crippen molar-refractivity contribution in [3.8, 4) is 0 Å². The van der Waals surface area contributed by atoms with E-state index in [0.29, 0.717) is 19.2 Å². The Kier molecular flexibility index (Phi) is 4.17. The summed E-state index contributed by atoms with van der Waals surface area (Å²) in [4.78, 5) is 20.4. The molecule has 2 heterocycles. The molecule has 1 aromatic carbocycles. The van der Waals surface area contributed by atoms with E-state index < -0.39 is 6.10 Å². The largest absolute Gasteiger partial charge is 0.365 e. The van der Waals surface area contributed by atoms with Crippen LogP contribution in [0.25, 0.3) is 10.2 Å². The number of thioether (sulfide) groups is 1. The molecule has 2 aromatic rings. The van der Waals surface area contributed by atoms with E-state index >= 15 is 0 Å². The summed E-state index contributed by atoms with van der Waals surface area (Å²) in [6.45, 7) is 1.92. The number of hydrogen-bond acceptors (Lipinski definition) is 6. The van der Waals surface area contributed by atoms with Crippen LogP contribution >= 0.6 is 23.1 Å². The number of benzene rings is 1. The summed E-state index contributed by atoms with van der Waals surface area (Å²) in [6.07, 6.45) is 3.87. The second kappa shape index (κ2) is 6.30. The van der Waals surface area contributed by atoms with Gasteiger partial charge in [-0.1, -0.05) is 17.4 Å². The van der Waals surface area contributed by atoms with E-state index in [1.54, 1.807) is 23.1 Å². The lowest BCUT2D eigenvalue weighted by Gasteiger charge is -2.31. The average molecular weight is 349 g/mol. The number of carbonyl (C=O) groups excluding carboxylic acids is 1. The molecular weight excluding hydrogens is 330 g/mol. The molecule has 1 amide bonds. The molecule has 4 rings (SSSR count). The van der Waals surface area contributed by atoms with Crippen molar-refractivity contribution < 1.29 is 9.53 Å². The number of carbonyl (C=O) groups is 1. The van der Waals surface area contributed by atoms with Gasteiger partial charge in [-0.2, -0.15) is 0 Å². The zero-order valence-electron chi connectivity index (χ0n) is 12.9. The molecule has 1 aliphatic heterocycles. The molecule has 1 aliphatic carbocycles. The van der Waals surface area contributed by atoms with E-state index in [-0.39, 0.29) is 5.91 Å². The highest BCUT2D eigenvalue weighted by molar-refractivity contribution is 7.98. The molecular formula is C16H19N3O2S2. The number of aromatic nitrogens is 1. The van der Waals surface area contributed by atoms with Crippen LogP contribution in [0.15, 0.2) is 23.1 Å². The molecule has 0 radical (unpaired) electrons. The lowest BCUT2D eigenvalue weighted by molar-refractivity contribution is -0.133. The van der Waals surface area contributed by atoms with Crippen LogP contribution < -0.4 is 10.2 Å². The fourth-order valence-corrected chi connectivity index (χ4v) is 4.37. The molecule has 1 N–H and O–H groups in total. The number of nitrogens with zero attached hydrogens (tertiary/aromatic N) is 2. The Morgan fingerprint density at radius 1 is 1.48 bits per heavy atom. The molecule has 23 heavy (non-hydrogen) atoms. The summed E-state index contributed by atoms with van der Waals surface area (Å²) in [5.74, 6) is 0.0168. The minimum absolute atomic E-state index is 0.0168. The van der Waals surface area contributed by atoms with Crippen molar-refractivity contribution in [3.63, 3.8) is 0 Å². The molecule has 7 heteroatoms. The first-order chi connectivity index (χ1) is 11.2. The van der Waals surface area contributed by atoms with Crippen molar-refractivity contribution in [2.45, 2.75) is 29.9 Å². The first kappa shape index (κ1) is 15.2. The fraction of sp³-hybridized carbons (Fsp3) is 0.500. The third-order valence-corrected chi connectivity index (χ3v) is 5.99. The third-order valence-electron chi connectivity index (χ3n) is 4.14. The van der Waals surface area contributed by atoms with Crippen molar-refractivity contribution in [2.75, 3.05) is 30.9 Å². The zero-order chi connectivity index (χ0) is 15.8. The van der Waals surface area contributed by atoms with Gasteiger partial charge in [-0.3, -0.25) is 4.79 Å². The predicted molar refractivity (Wildman–Crippen MR) is 94.5 cm³/mol. The van der Waals surface area contributed by atoms with Gasteiger partial charge < -0.3 is 15.0 Å². The fourth-order valence-electron chi connectivity index (χ4n) is 2.71. The highest BCUT2D eigenvalue weighted by atomic mass is 32.2. The second-order valence-electron chi connectivity index (χ2n) is 5.89. The van der Waals surface area contributed by atoms with E-state index in [4.69, 9.17) is 9.72 Å². The van der Waals surface area contributed by atoms with Crippen LogP contribution in [0.1, 0.15) is 12.8 Å². The minimum Gasteiger partial charge on any atom is -0.365 e. The summed E-state index contributed by atoms with van der Waals surface area (Å²) in [6, 6.07) is 6.64. The number of anilines is 1. The molecule has 1 saturated carbocycles. The Morgan fingerprint density at radius 3 is 3.13 bits per heavy atom. The number of rotatable bonds is 4. The average Bonchev–Trinajstić information content (AvgIpc) is 3.28. The number of amides is 1. The molecule has 1 saturated heterocycles. The van der Waals surface area contributed by atoms with Gasteiger partial charge in [-0.25, -0.2) is 4.98 Å². The standard InChI is InChI=1S/C16H19N3O2S2/c1-22-12-3-2-4-13-14(12)18-16(23-13)19-7-8-21-11(9-19)15(20)17-10-5-6-10/h2-4,10-11H,5-9H2,1H3,(H,17,20). The Morgan fingerprint density at radius 2 is 2.35 bits per heavy atom. The number of hydrogen-bond donors (Lipinski definition) is 1. The second-order valence-corrected chi connectivity index (χ2v) is 7.75. The minimum atomic E-state index is -0.392. The van der Waals surface area contributed by atoms with Gasteiger partial charge in [0.2, 0.25) is 0 Å². The lowest BCUT2D eigenvalue weighted by atomic mass is 10.2. The number of ether oxygens (including phenoxy) is 1. The van der Waals surface area contributed by atoms with E-state index in [0.717, 1.165) is 30.0 Å². The summed E-state index contributed by atoms with van der Waals surface area (Å²) in [5, 5.41) is 4.01. The smallest absolute Gasteiger partial charge is 0.251 e. The SMILES string of the molecule is CSc1cccc2sc(N3CCOC(C(=O)NC4CC4)C3)nc12. The highest BCUT2D eigenvalue weighted by Gasteiger charge is 2.32. The van der Waals surface area contributed by atoms with Gasteiger partial charge in [-0.05, 0) is 31.2 Å². The van der Waals surface area contributed by atoms with Crippen LogP contribution in [0.4, 0.5) is 5.13 Å². The van der Waals surface area contributed by atoms with Crippen LogP contribution in [-0.2, 0) is 9.53 Å². The quantitative estimate of drug-likeness (QED) is 0.860. The molecule has 1 atom stereocenters. The summed E-state index contributed by atoms with van der Waals surface area (Å²) < 4.78 is 6.85. The van der Waals surface area contributed by atoms with Crippen LogP contribution in [-0.4, -0.2) is 49.0 Å². The van der Waals surface area contributed by atoms with Crippen LogP contribution in [0.5, 0.6) is 0 Å². The number of morpholine rings is 1. The molecule has 5 nitrogen and oxygen atoms in total. The Bertz CT molecular complexity index is 729. The van der Waals surface area contributed by atoms with Gasteiger partial charge in [-0.15, -0.1) is 11.8 Å². The van der Waals surface area contributed by atoms with Crippen molar-refractivity contribution >= 4 is 44.4 Å². The monoisotopic (exact) mass is 349 g/mol. The van der Waals surface area contributed by atoms with Crippen molar-refractivity contribution in [3.05, 3.63) is 18.2 Å². The first-order valence-electron chi connectivity index (χ1n) is 7.85. The van der Waals surface area contributed by atoms with Crippen LogP contribution in [0.3, 0.4) is 0 Å². The lowest BCUT2D eigenvalue weighted by Crippen LogP contribution is -2.50. The summed E-state index contributed by atoms with van der Waals surface area (Å²) in [7, 11) is 0. The summed E-state index contributed by atoms with van der Waals surface area (Å²) in [5.41, 5.74) is 1.06. The van der Waals surface area contributed by atoms with Crippen LogP contribution in [0.2, 0.25) is 0 Å². The van der Waals surface area contributed by atoms with Crippen LogP contribution in [0, 0.1) is 0 Å². The number of nitrogens with one attached hydrogen (secondary N) is 1. The topological polar surface area (TPSA) is 54.5 Å². The Labute approximate surface area is 143 Å². The predicted octanol–water partition coefficient (Wildman–Crippen LogP) is 2.50. The van der Waals surface area contributed by atoms with E-state index in [9.17, 15) is 4.79 Å². The Hall–Kier alpha value is -1.31. The van der Waals surface area contributed by atoms with Gasteiger partial charge in [0.1, 0.15) is 0 Å². The maximum atomic E-state index is 12.2. The van der Waals surface area contributed by atoms with Crippen molar-refractivity contribution in [1.82, 2.24) is 10.3 Å². The maximum absolute atomic E-state index is 12.2. The molecule has 1 aromatic heterocycles. The highest BCUT2D eigenvalue weighted by Crippen LogP contribution is 2.34. The molecule has 2 fully saturated rings. The normalized spacial score (nSPS) is 21.6. The number of para-hydroxylation sites is 1. The summed E-state index contributed by atoms with van der Waals surface area (Å²) >= 11 is 3.40. The third kappa shape index (κ3) is 3.18. The number of thiazole rings is 1. The van der Waals surface area contributed by atoms with Gasteiger partial charge in [0.15, 0.2) is 11.2 Å². The van der Waals surface area contributed by atoms with Gasteiger partial charge in [0.05, 0.1) is 23.4 Å². The molecule has 122 valence electrons. The molecule has 0 spiro atoms. The first-order valence-corrected chi connectivity index (χ1v) is 9.89. The Balaban J connectivity index is 1.53. The molecule has 0 bridgehead atoms. The molecule has 1 unspecified atom stereocenters. The molecule has 2 aliphatic rings. The zero-order valence-corrected chi connectivity index (χ0v) is 14.6.